The topological polar surface area (TPSA) is 64.3 Å². The lowest BCUT2D eigenvalue weighted by atomic mass is 10.2. The fraction of sp³-hybridized carbons (Fsp3) is 0.350. The zero-order chi connectivity index (χ0) is 19.6. The van der Waals surface area contributed by atoms with Crippen LogP contribution in [0.15, 0.2) is 45.3 Å². The molecule has 0 atom stereocenters. The smallest absolute Gasteiger partial charge is 0.336 e. The van der Waals surface area contributed by atoms with Gasteiger partial charge < -0.3 is 4.90 Å². The first-order valence-electron chi connectivity index (χ1n) is 8.98. The zero-order valence-corrected chi connectivity index (χ0v) is 16.6. The van der Waals surface area contributed by atoms with Gasteiger partial charge in [0, 0.05) is 13.6 Å². The molecule has 3 aromatic rings. The summed E-state index contributed by atoms with van der Waals surface area (Å²) < 4.78 is 3.03. The summed E-state index contributed by atoms with van der Waals surface area (Å²) >= 11 is 1.28. The zero-order valence-electron chi connectivity index (χ0n) is 15.8. The van der Waals surface area contributed by atoms with Crippen LogP contribution in [0.1, 0.15) is 25.3 Å². The van der Waals surface area contributed by atoms with E-state index in [-0.39, 0.29) is 18.0 Å². The van der Waals surface area contributed by atoms with Gasteiger partial charge in [-0.15, -0.1) is 11.3 Å². The van der Waals surface area contributed by atoms with E-state index in [1.807, 2.05) is 19.1 Å². The Morgan fingerprint density at radius 3 is 2.70 bits per heavy atom. The van der Waals surface area contributed by atoms with E-state index in [0.717, 1.165) is 23.0 Å². The number of hydrogen-bond donors (Lipinski definition) is 0. The lowest BCUT2D eigenvalue weighted by Gasteiger charge is -2.18. The average Bonchev–Trinajstić information content (AvgIpc) is 3.13. The third-order valence-corrected chi connectivity index (χ3v) is 5.47. The van der Waals surface area contributed by atoms with E-state index in [9.17, 15) is 14.4 Å². The molecule has 0 N–H and O–H groups in total. The summed E-state index contributed by atoms with van der Waals surface area (Å²) in [6, 6.07) is 8.96. The third kappa shape index (κ3) is 3.73. The molecular weight excluding hydrogens is 362 g/mol. The van der Waals surface area contributed by atoms with E-state index in [1.54, 1.807) is 35.5 Å². The third-order valence-electron chi connectivity index (χ3n) is 4.58. The molecule has 1 amide bonds. The molecule has 2 aromatic heterocycles. The van der Waals surface area contributed by atoms with Gasteiger partial charge in [0.05, 0.1) is 11.2 Å². The van der Waals surface area contributed by atoms with Crippen molar-refractivity contribution in [1.29, 1.82) is 0 Å². The fourth-order valence-electron chi connectivity index (χ4n) is 3.01. The van der Waals surface area contributed by atoms with Gasteiger partial charge in [0.1, 0.15) is 11.2 Å². The van der Waals surface area contributed by atoms with Crippen molar-refractivity contribution < 1.29 is 4.79 Å². The highest BCUT2D eigenvalue weighted by atomic mass is 32.1. The number of carbonyl (C=O) groups is 1. The van der Waals surface area contributed by atoms with Crippen molar-refractivity contribution in [3.05, 3.63) is 62.1 Å². The number of benzene rings is 1. The number of thiophene rings is 1. The maximum atomic E-state index is 13.1. The maximum Gasteiger partial charge on any atom is 0.336 e. The van der Waals surface area contributed by atoms with Crippen molar-refractivity contribution in [3.8, 4) is 5.69 Å². The minimum absolute atomic E-state index is 0.0849. The standard InChI is InChI=1S/C20H23N3O3S/c1-4-5-10-21(3)17(24)13-22-16-9-11-27-18(16)19(25)23(20(22)26)15-8-6-7-14(2)12-15/h6-9,11-12H,4-5,10,13H2,1-3H3. The number of nitrogens with zero attached hydrogens (tertiary/aromatic N) is 3. The fourth-order valence-corrected chi connectivity index (χ4v) is 3.83. The Balaban J connectivity index is 2.13. The van der Waals surface area contributed by atoms with E-state index >= 15 is 0 Å². The van der Waals surface area contributed by atoms with Crippen LogP contribution in [0, 0.1) is 6.92 Å². The number of fused-ring (bicyclic) bond motifs is 1. The second-order valence-corrected chi connectivity index (χ2v) is 7.57. The van der Waals surface area contributed by atoms with Crippen LogP contribution >= 0.6 is 11.3 Å². The molecule has 0 aliphatic carbocycles. The quantitative estimate of drug-likeness (QED) is 0.655. The minimum Gasteiger partial charge on any atom is -0.344 e. The summed E-state index contributed by atoms with van der Waals surface area (Å²) in [5, 5.41) is 1.77. The second kappa shape index (κ2) is 7.92. The van der Waals surface area contributed by atoms with Crippen LogP contribution in [0.2, 0.25) is 0 Å². The van der Waals surface area contributed by atoms with Crippen molar-refractivity contribution in [2.24, 2.45) is 0 Å². The molecule has 7 heteroatoms. The van der Waals surface area contributed by atoms with Crippen molar-refractivity contribution in [3.63, 3.8) is 0 Å². The molecule has 0 aliphatic rings. The summed E-state index contributed by atoms with van der Waals surface area (Å²) in [6.45, 7) is 4.53. The van der Waals surface area contributed by atoms with E-state index in [0.29, 0.717) is 22.4 Å². The van der Waals surface area contributed by atoms with Gasteiger partial charge in [-0.2, -0.15) is 0 Å². The number of hydrogen-bond acceptors (Lipinski definition) is 4. The molecule has 1 aromatic carbocycles. The summed E-state index contributed by atoms with van der Waals surface area (Å²) in [5.74, 6) is -0.146. The van der Waals surface area contributed by atoms with Gasteiger partial charge >= 0.3 is 5.69 Å². The first kappa shape index (κ1) is 19.1. The lowest BCUT2D eigenvalue weighted by Crippen LogP contribution is -2.42. The summed E-state index contributed by atoms with van der Waals surface area (Å²) in [5.41, 5.74) is 1.14. The Hall–Kier alpha value is -2.67. The Morgan fingerprint density at radius 1 is 1.22 bits per heavy atom. The number of aromatic nitrogens is 2. The van der Waals surface area contributed by atoms with E-state index in [2.05, 4.69) is 6.92 Å². The van der Waals surface area contributed by atoms with E-state index < -0.39 is 5.69 Å². The molecular formula is C20H23N3O3S. The van der Waals surface area contributed by atoms with Crippen LogP contribution in [0.3, 0.4) is 0 Å². The van der Waals surface area contributed by atoms with Crippen LogP contribution in [0.25, 0.3) is 15.9 Å². The maximum absolute atomic E-state index is 13.1. The van der Waals surface area contributed by atoms with Crippen molar-refractivity contribution in [2.45, 2.75) is 33.2 Å². The number of unbranched alkanes of at least 4 members (excludes halogenated alkanes) is 1. The van der Waals surface area contributed by atoms with Gasteiger partial charge in [-0.05, 0) is 42.5 Å². The van der Waals surface area contributed by atoms with Crippen molar-refractivity contribution >= 4 is 27.5 Å². The van der Waals surface area contributed by atoms with E-state index in [1.165, 1.54) is 15.9 Å². The van der Waals surface area contributed by atoms with Crippen molar-refractivity contribution in [2.75, 3.05) is 13.6 Å². The normalized spacial score (nSPS) is 11.1. The molecule has 0 aliphatic heterocycles. The summed E-state index contributed by atoms with van der Waals surface area (Å²) in [6.07, 6.45) is 1.90. The van der Waals surface area contributed by atoms with Gasteiger partial charge in [0.25, 0.3) is 5.56 Å². The van der Waals surface area contributed by atoms with Crippen LogP contribution in [-0.4, -0.2) is 33.5 Å². The molecule has 3 rings (SSSR count). The Morgan fingerprint density at radius 2 is 2.00 bits per heavy atom. The highest BCUT2D eigenvalue weighted by Crippen LogP contribution is 2.17. The number of amides is 1. The molecule has 27 heavy (non-hydrogen) atoms. The van der Waals surface area contributed by atoms with Crippen LogP contribution in [-0.2, 0) is 11.3 Å². The number of likely N-dealkylation sites (N-methyl/N-ethyl adjacent to an activating group) is 1. The SMILES string of the molecule is CCCCN(C)C(=O)Cn1c(=O)n(-c2cccc(C)c2)c(=O)c2sccc21. The second-order valence-electron chi connectivity index (χ2n) is 6.65. The van der Waals surface area contributed by atoms with Gasteiger partial charge in [0.15, 0.2) is 0 Å². The molecule has 0 bridgehead atoms. The first-order valence-corrected chi connectivity index (χ1v) is 9.86. The Labute approximate surface area is 161 Å². The minimum atomic E-state index is -0.492. The number of aryl methyl sites for hydroxylation is 1. The molecule has 0 saturated carbocycles. The van der Waals surface area contributed by atoms with Crippen molar-refractivity contribution in [1.82, 2.24) is 14.0 Å². The molecule has 2 heterocycles. The summed E-state index contributed by atoms with van der Waals surface area (Å²) in [4.78, 5) is 40.3. The van der Waals surface area contributed by atoms with Crippen LogP contribution in [0.5, 0.6) is 0 Å². The van der Waals surface area contributed by atoms with E-state index in [4.69, 9.17) is 0 Å². The summed E-state index contributed by atoms with van der Waals surface area (Å²) in [7, 11) is 1.74. The molecule has 142 valence electrons. The molecule has 6 nitrogen and oxygen atoms in total. The lowest BCUT2D eigenvalue weighted by molar-refractivity contribution is -0.130. The monoisotopic (exact) mass is 385 g/mol. The Bertz CT molecular complexity index is 1090. The van der Waals surface area contributed by atoms with Gasteiger partial charge in [-0.25, -0.2) is 9.36 Å². The predicted molar refractivity (Wildman–Crippen MR) is 109 cm³/mol. The number of rotatable bonds is 6. The molecule has 0 saturated heterocycles. The largest absolute Gasteiger partial charge is 0.344 e. The average molecular weight is 385 g/mol. The Kier molecular flexibility index (Phi) is 5.60. The van der Waals surface area contributed by atoms with Crippen LogP contribution < -0.4 is 11.2 Å². The highest BCUT2D eigenvalue weighted by molar-refractivity contribution is 7.17. The van der Waals surface area contributed by atoms with Crippen LogP contribution in [0.4, 0.5) is 0 Å². The molecule has 0 unspecified atom stereocenters. The van der Waals surface area contributed by atoms with Gasteiger partial charge in [-0.1, -0.05) is 25.5 Å². The number of carbonyl (C=O) groups excluding carboxylic acids is 1. The first-order chi connectivity index (χ1) is 12.9. The molecule has 0 spiro atoms. The highest BCUT2D eigenvalue weighted by Gasteiger charge is 2.18. The van der Waals surface area contributed by atoms with Gasteiger partial charge in [0.2, 0.25) is 5.91 Å². The molecule has 0 fully saturated rings. The van der Waals surface area contributed by atoms with Gasteiger partial charge in [-0.3, -0.25) is 14.2 Å². The molecule has 0 radical (unpaired) electrons. The predicted octanol–water partition coefficient (Wildman–Crippen LogP) is 2.78.